The Hall–Kier alpha value is -6.41. The zero-order valence-electron chi connectivity index (χ0n) is 43.9. The maximum atomic E-state index is 12.9. The van der Waals surface area contributed by atoms with Gasteiger partial charge < -0.3 is 52.0 Å². The summed E-state index contributed by atoms with van der Waals surface area (Å²) < 4.78 is 11.0. The molecule has 75 heavy (non-hydrogen) atoms. The number of carbonyl (C=O) groups excluding carboxylic acids is 5. The van der Waals surface area contributed by atoms with Gasteiger partial charge in [-0.2, -0.15) is 4.98 Å². The molecule has 11 N–H and O–H groups in total. The highest BCUT2D eigenvalue weighted by Gasteiger charge is 2.72. The Morgan fingerprint density at radius 2 is 1.63 bits per heavy atom. The van der Waals surface area contributed by atoms with Crippen molar-refractivity contribution in [2.45, 2.75) is 117 Å². The second-order valence-corrected chi connectivity index (χ2v) is 22.3. The summed E-state index contributed by atoms with van der Waals surface area (Å²) in [7, 11) is 6.73. The summed E-state index contributed by atoms with van der Waals surface area (Å²) in [6, 6.07) is 4.87. The number of nitrogens with zero attached hydrogens (tertiary/aromatic N) is 4. The zero-order valence-corrected chi connectivity index (χ0v) is 45.5. The van der Waals surface area contributed by atoms with Crippen LogP contribution in [0.25, 0.3) is 11.2 Å². The molecule has 1 saturated carbocycles. The summed E-state index contributed by atoms with van der Waals surface area (Å²) in [6.07, 6.45) is 3.27. The minimum atomic E-state index is -1.08. The van der Waals surface area contributed by atoms with Gasteiger partial charge in [-0.15, -0.1) is 0 Å². The monoisotopic (exact) mass is 1080 g/mol. The van der Waals surface area contributed by atoms with Gasteiger partial charge >= 0.3 is 18.0 Å². The van der Waals surface area contributed by atoms with Crippen LogP contribution in [0.1, 0.15) is 97.1 Å². The predicted molar refractivity (Wildman–Crippen MR) is 284 cm³/mol. The maximum absolute atomic E-state index is 12.9. The molecule has 2 amide bonds. The molecule has 408 valence electrons. The lowest BCUT2D eigenvalue weighted by atomic mass is 9.80. The number of ether oxygens (including phenoxy) is 2. The van der Waals surface area contributed by atoms with Crippen LogP contribution in [0.15, 0.2) is 57.7 Å². The van der Waals surface area contributed by atoms with Crippen molar-refractivity contribution in [2.24, 2.45) is 23.5 Å². The van der Waals surface area contributed by atoms with Crippen LogP contribution in [0.2, 0.25) is 0 Å². The predicted octanol–water partition coefficient (Wildman–Crippen LogP) is 3.81. The summed E-state index contributed by atoms with van der Waals surface area (Å²) in [5, 5.41) is 30.1. The Morgan fingerprint density at radius 3 is 2.21 bits per heavy atom. The lowest BCUT2D eigenvalue weighted by molar-refractivity contribution is -0.146. The quantitative estimate of drug-likeness (QED) is 0.0392. The molecule has 3 aromatic rings. The molecule has 25 heteroatoms. The van der Waals surface area contributed by atoms with Crippen molar-refractivity contribution in [1.82, 2.24) is 40.8 Å². The number of nitrogen functional groups attached to an aromatic ring is 1. The van der Waals surface area contributed by atoms with E-state index in [1.807, 2.05) is 11.9 Å². The number of piperidine rings is 1. The van der Waals surface area contributed by atoms with Crippen LogP contribution in [-0.2, 0) is 40.0 Å². The van der Waals surface area contributed by atoms with E-state index >= 15 is 0 Å². The minimum Gasteiger partial charge on any atom is -0.480 e. The van der Waals surface area contributed by atoms with Crippen LogP contribution in [0.5, 0.6) is 0 Å². The largest absolute Gasteiger partial charge is 0.480 e. The van der Waals surface area contributed by atoms with Crippen LogP contribution in [-0.4, -0.2) is 144 Å². The Bertz CT molecular complexity index is 2800. The standard InChI is InChI=1S/C18H19N7O4.C17H20N2O5.C15H30N2O3S2/c1-2-12(17(28)29)23-15(26)9-3-5-10(6-4-9)20-7-11-8-21-14-13(22-11)16(27)25-18(19)24-14;1-7-8(2)15(21)13-12(14(7)20)11(6-24-16(18)22)17(23-3)10-4-9(10)5-19(13)17;1-7-12(18)15(4,5)17-11(13(19)20)10-22-21-9-8-14(2,3)16-6/h3-6,8,12,20H,2,7H2,1H3,(H,23,26)(H,28,29)(H3,19,21,24,25,27);9-11H,4-6H2,1-3H3,(H2,18,22);11,16-17H,7-10H2,1-6H3,(H,19,20)/t12-;9-,10-,11+,17-;11-/m000/s1. The molecule has 2 aliphatic heterocycles. The number of rotatable bonds is 22. The average molecular weight is 1080 g/mol. The number of nitrogens with one attached hydrogen (secondary N) is 5. The number of hydrogen-bond donors (Lipinski definition) is 9. The van der Waals surface area contributed by atoms with Gasteiger partial charge in [0.05, 0.1) is 35.6 Å². The fourth-order valence-electron chi connectivity index (χ4n) is 9.06. The molecule has 0 unspecified atom stereocenters. The third kappa shape index (κ3) is 13.9. The number of fused-ring (bicyclic) bond motifs is 5. The van der Waals surface area contributed by atoms with Crippen LogP contribution in [0.4, 0.5) is 16.4 Å². The van der Waals surface area contributed by atoms with Crippen molar-refractivity contribution < 1.29 is 53.2 Å². The number of benzene rings is 1. The van der Waals surface area contributed by atoms with E-state index in [2.05, 4.69) is 55.1 Å². The Kier molecular flexibility index (Phi) is 19.8. The highest BCUT2D eigenvalue weighted by Crippen LogP contribution is 2.65. The fourth-order valence-corrected chi connectivity index (χ4v) is 11.5. The Morgan fingerprint density at radius 1 is 0.973 bits per heavy atom. The summed E-state index contributed by atoms with van der Waals surface area (Å²) in [5.74, 6) is -1.20. The van der Waals surface area contributed by atoms with Gasteiger partial charge in [0.15, 0.2) is 28.5 Å². The lowest BCUT2D eigenvalue weighted by Gasteiger charge is -2.40. The molecule has 7 rings (SSSR count). The van der Waals surface area contributed by atoms with Gasteiger partial charge in [0.25, 0.3) is 11.5 Å². The second kappa shape index (κ2) is 25.0. The molecule has 6 atom stereocenters. The first kappa shape index (κ1) is 59.5. The number of ketones is 3. The van der Waals surface area contributed by atoms with Crippen molar-refractivity contribution in [3.05, 3.63) is 74.5 Å². The number of methoxy groups -OCH3 is 1. The highest BCUT2D eigenvalue weighted by atomic mass is 33.1. The highest BCUT2D eigenvalue weighted by molar-refractivity contribution is 8.76. The van der Waals surface area contributed by atoms with Crippen molar-refractivity contribution >= 4 is 85.7 Å². The molecule has 1 saturated heterocycles. The molecule has 0 spiro atoms. The number of primary amides is 1. The van der Waals surface area contributed by atoms with E-state index in [1.165, 1.54) is 17.0 Å². The van der Waals surface area contributed by atoms with Crippen LogP contribution >= 0.6 is 21.6 Å². The lowest BCUT2D eigenvalue weighted by Crippen LogP contribution is -2.55. The smallest absolute Gasteiger partial charge is 0.404 e. The first-order valence-electron chi connectivity index (χ1n) is 24.4. The summed E-state index contributed by atoms with van der Waals surface area (Å²) in [6.45, 7) is 15.5. The number of H-pyrrole nitrogens is 1. The second-order valence-electron chi connectivity index (χ2n) is 19.6. The van der Waals surface area contributed by atoms with E-state index in [4.69, 9.17) is 26.0 Å². The third-order valence-electron chi connectivity index (χ3n) is 13.9. The number of hydrogen-bond acceptors (Lipinski definition) is 20. The minimum absolute atomic E-state index is 0.0205. The Labute approximate surface area is 442 Å². The van der Waals surface area contributed by atoms with Gasteiger partial charge in [-0.3, -0.25) is 39.1 Å². The number of anilines is 2. The molecule has 2 aliphatic carbocycles. The van der Waals surface area contributed by atoms with E-state index < -0.39 is 58.8 Å². The molecule has 2 aromatic heterocycles. The molecule has 0 bridgehead atoms. The number of Topliss-reactive ketones (excluding diaryl/α,β-unsaturated/α-hetero) is 3. The van der Waals surface area contributed by atoms with Crippen molar-refractivity contribution in [3.8, 4) is 0 Å². The van der Waals surface area contributed by atoms with E-state index in [9.17, 15) is 43.5 Å². The van der Waals surface area contributed by atoms with Crippen molar-refractivity contribution in [3.63, 3.8) is 0 Å². The maximum Gasteiger partial charge on any atom is 0.404 e. The topological polar surface area (TPSA) is 353 Å². The van der Waals surface area contributed by atoms with Gasteiger partial charge in [0.1, 0.15) is 18.7 Å². The van der Waals surface area contributed by atoms with Crippen LogP contribution in [0.3, 0.4) is 0 Å². The normalized spacial score (nSPS) is 20.4. The van der Waals surface area contributed by atoms with Crippen LogP contribution in [0, 0.1) is 17.8 Å². The molecular weight excluding hydrogens is 1010 g/mol. The van der Waals surface area contributed by atoms with Gasteiger partial charge in [0.2, 0.25) is 11.7 Å². The van der Waals surface area contributed by atoms with Crippen molar-refractivity contribution in [1.29, 1.82) is 0 Å². The summed E-state index contributed by atoms with van der Waals surface area (Å²) in [5.41, 5.74) is 12.2. The van der Waals surface area contributed by atoms with Crippen LogP contribution < -0.4 is 38.3 Å². The number of allylic oxidation sites excluding steroid dienone is 2. The van der Waals surface area contributed by atoms with E-state index in [0.717, 1.165) is 18.6 Å². The van der Waals surface area contributed by atoms with Gasteiger partial charge in [0, 0.05) is 71.0 Å². The number of carbonyl (C=O) groups is 7. The average Bonchev–Trinajstić information content (AvgIpc) is 3.99. The number of aliphatic carboxylic acids is 2. The van der Waals surface area contributed by atoms with E-state index in [1.54, 1.807) is 83.7 Å². The SMILES string of the molecule is CCC(=O)C(C)(C)N[C@@H](CSSCCC(C)(C)NC)C(=O)O.CC[C@H](NC(=O)c1ccc(NCc2cnc3nc(N)[nH]c(=O)c3n2)cc1)C(=O)O.CO[C@@]12[C@H](COC(N)=O)C3=C(C(=O)C(C)=C(C)C3=O)N1C[C@@H]1C[C@@H]12. The molecule has 1 aromatic carbocycles. The number of carboxylic acid groups (broad SMARTS) is 2. The number of amides is 2. The molecular formula is C50H69N11O12S2. The first-order valence-corrected chi connectivity index (χ1v) is 26.9. The van der Waals surface area contributed by atoms with Gasteiger partial charge in [-0.25, -0.2) is 19.6 Å². The number of aromatic nitrogens is 4. The number of carboxylic acids is 2. The van der Waals surface area contributed by atoms with Gasteiger partial charge in [-0.1, -0.05) is 35.4 Å². The molecule has 4 heterocycles. The summed E-state index contributed by atoms with van der Waals surface area (Å²) in [4.78, 5) is 112. The summed E-state index contributed by atoms with van der Waals surface area (Å²) >= 11 is 0. The van der Waals surface area contributed by atoms with Gasteiger partial charge in [-0.05, 0) is 98.0 Å². The molecule has 23 nitrogen and oxygen atoms in total. The van der Waals surface area contributed by atoms with E-state index in [-0.39, 0.29) is 59.1 Å². The molecule has 4 aliphatic rings. The zero-order chi connectivity index (χ0) is 55.7. The Balaban J connectivity index is 0.000000211. The number of aromatic amines is 1. The fraction of sp³-hybridized carbons (Fsp3) is 0.540. The molecule has 2 fully saturated rings. The first-order chi connectivity index (χ1) is 35.3. The third-order valence-corrected chi connectivity index (χ3v) is 16.3. The molecule has 0 radical (unpaired) electrons. The van der Waals surface area contributed by atoms with Crippen molar-refractivity contribution in [2.75, 3.05) is 49.9 Å². The number of nitrogens with two attached hydrogens (primary N) is 2. The van der Waals surface area contributed by atoms with E-state index in [0.29, 0.717) is 70.4 Å².